The van der Waals surface area contributed by atoms with Gasteiger partial charge in [-0.25, -0.2) is 4.98 Å². The van der Waals surface area contributed by atoms with Gasteiger partial charge in [0.2, 0.25) is 0 Å². The highest BCUT2D eigenvalue weighted by atomic mass is 32.2. The molecule has 0 amide bonds. The van der Waals surface area contributed by atoms with Gasteiger partial charge in [0, 0.05) is 24.3 Å². The third-order valence-corrected chi connectivity index (χ3v) is 3.40. The van der Waals surface area contributed by atoms with Crippen LogP contribution in [-0.4, -0.2) is 15.7 Å². The van der Waals surface area contributed by atoms with Crippen LogP contribution in [0.3, 0.4) is 0 Å². The summed E-state index contributed by atoms with van der Waals surface area (Å²) in [5, 5.41) is 0.940. The maximum atomic E-state index is 5.89. The number of aromatic nitrogens is 2. The molecule has 0 fully saturated rings. The summed E-state index contributed by atoms with van der Waals surface area (Å²) in [6.07, 6.45) is 3.82. The van der Waals surface area contributed by atoms with E-state index in [0.29, 0.717) is 5.69 Å². The minimum atomic E-state index is 0.112. The number of benzene rings is 1. The average Bonchev–Trinajstić information content (AvgIpc) is 2.69. The van der Waals surface area contributed by atoms with Crippen LogP contribution in [0.1, 0.15) is 13.8 Å². The van der Waals surface area contributed by atoms with Crippen molar-refractivity contribution in [3.05, 3.63) is 30.6 Å². The number of nitrogen functional groups attached to an aromatic ring is 1. The topological polar surface area (TPSA) is 53.1 Å². The molecule has 0 saturated heterocycles. The number of hydrogen-bond donors (Lipinski definition) is 1. The molecule has 0 saturated carbocycles. The minimum Gasteiger partial charge on any atom is -0.489 e. The predicted molar refractivity (Wildman–Crippen MR) is 73.9 cm³/mol. The summed E-state index contributed by atoms with van der Waals surface area (Å²) >= 11 is 1.59. The second-order valence-electron chi connectivity index (χ2n) is 4.29. The Labute approximate surface area is 111 Å². The van der Waals surface area contributed by atoms with E-state index in [2.05, 4.69) is 4.98 Å². The molecule has 0 spiro atoms. The zero-order chi connectivity index (χ0) is 13.1. The van der Waals surface area contributed by atoms with Gasteiger partial charge in [-0.05, 0) is 32.0 Å². The first-order chi connectivity index (χ1) is 8.56. The molecule has 1 aromatic carbocycles. The highest BCUT2D eigenvalue weighted by Gasteiger charge is 2.07. The van der Waals surface area contributed by atoms with Gasteiger partial charge >= 0.3 is 0 Å². The number of nitrogens with zero attached hydrogens (tertiary/aromatic N) is 2. The zero-order valence-electron chi connectivity index (χ0n) is 10.8. The lowest BCUT2D eigenvalue weighted by atomic mass is 10.3. The van der Waals surface area contributed by atoms with E-state index in [1.165, 1.54) is 0 Å². The van der Waals surface area contributed by atoms with Crippen LogP contribution in [0.15, 0.2) is 40.6 Å². The third-order valence-electron chi connectivity index (χ3n) is 2.33. The molecule has 2 N–H and O–H groups in total. The van der Waals surface area contributed by atoms with E-state index >= 15 is 0 Å². The van der Waals surface area contributed by atoms with Gasteiger partial charge in [0.25, 0.3) is 0 Å². The summed E-state index contributed by atoms with van der Waals surface area (Å²) in [7, 11) is 1.97. The lowest BCUT2D eigenvalue weighted by Gasteiger charge is -2.13. The minimum absolute atomic E-state index is 0.112. The molecule has 1 heterocycles. The summed E-state index contributed by atoms with van der Waals surface area (Å²) in [6, 6.07) is 5.79. The molecule has 4 nitrogen and oxygen atoms in total. The molecular weight excluding hydrogens is 246 g/mol. The molecule has 96 valence electrons. The molecule has 0 aliphatic rings. The van der Waals surface area contributed by atoms with Crippen molar-refractivity contribution in [2.24, 2.45) is 7.05 Å². The van der Waals surface area contributed by atoms with Crippen molar-refractivity contribution in [3.63, 3.8) is 0 Å². The van der Waals surface area contributed by atoms with E-state index in [4.69, 9.17) is 10.5 Å². The fraction of sp³-hybridized carbons (Fsp3) is 0.308. The molecule has 18 heavy (non-hydrogen) atoms. The van der Waals surface area contributed by atoms with Crippen LogP contribution in [0, 0.1) is 0 Å². The number of aryl methyl sites for hydroxylation is 1. The Morgan fingerprint density at radius 1 is 1.39 bits per heavy atom. The van der Waals surface area contributed by atoms with Gasteiger partial charge in [0.15, 0.2) is 5.16 Å². The fourth-order valence-electron chi connectivity index (χ4n) is 1.49. The lowest BCUT2D eigenvalue weighted by Crippen LogP contribution is -2.07. The van der Waals surface area contributed by atoms with Gasteiger partial charge in [-0.3, -0.25) is 0 Å². The number of ether oxygens (including phenoxy) is 1. The Morgan fingerprint density at radius 3 is 2.78 bits per heavy atom. The van der Waals surface area contributed by atoms with Crippen LogP contribution in [0.2, 0.25) is 0 Å². The van der Waals surface area contributed by atoms with Crippen LogP contribution in [0.5, 0.6) is 5.75 Å². The molecule has 0 unspecified atom stereocenters. The normalized spacial score (nSPS) is 10.9. The van der Waals surface area contributed by atoms with Crippen molar-refractivity contribution in [1.29, 1.82) is 0 Å². The largest absolute Gasteiger partial charge is 0.489 e. The predicted octanol–water partition coefficient (Wildman–Crippen LogP) is 2.94. The van der Waals surface area contributed by atoms with E-state index < -0.39 is 0 Å². The standard InChI is InChI=1S/C13H17N3OS/c1-9(2)17-12-8-10(4-5-11(12)14)18-13-15-6-7-16(13)3/h4-9H,14H2,1-3H3. The van der Waals surface area contributed by atoms with E-state index in [1.54, 1.807) is 18.0 Å². The molecule has 2 rings (SSSR count). The highest BCUT2D eigenvalue weighted by molar-refractivity contribution is 7.99. The molecule has 0 bridgehead atoms. The van der Waals surface area contributed by atoms with Gasteiger partial charge in [-0.15, -0.1) is 0 Å². The first kappa shape index (κ1) is 12.8. The first-order valence-corrected chi connectivity index (χ1v) is 6.59. The second-order valence-corrected chi connectivity index (χ2v) is 5.33. The van der Waals surface area contributed by atoms with Gasteiger partial charge in [0.1, 0.15) is 5.75 Å². The van der Waals surface area contributed by atoms with Crippen LogP contribution >= 0.6 is 11.8 Å². The van der Waals surface area contributed by atoms with Crippen molar-refractivity contribution in [1.82, 2.24) is 9.55 Å². The Morgan fingerprint density at radius 2 is 2.17 bits per heavy atom. The molecule has 0 aliphatic carbocycles. The number of rotatable bonds is 4. The number of nitrogens with two attached hydrogens (primary N) is 1. The SMILES string of the molecule is CC(C)Oc1cc(Sc2nccn2C)ccc1N. The summed E-state index contributed by atoms with van der Waals surface area (Å²) < 4.78 is 7.65. The lowest BCUT2D eigenvalue weighted by molar-refractivity contribution is 0.243. The summed E-state index contributed by atoms with van der Waals surface area (Å²) in [5.74, 6) is 0.726. The van der Waals surface area contributed by atoms with Gasteiger partial charge in [-0.2, -0.15) is 0 Å². The summed E-state index contributed by atoms with van der Waals surface area (Å²) in [4.78, 5) is 5.34. The van der Waals surface area contributed by atoms with E-state index in [-0.39, 0.29) is 6.10 Å². The van der Waals surface area contributed by atoms with Crippen molar-refractivity contribution < 1.29 is 4.74 Å². The number of hydrogen-bond acceptors (Lipinski definition) is 4. The van der Waals surface area contributed by atoms with E-state index in [0.717, 1.165) is 15.8 Å². The second kappa shape index (κ2) is 5.35. The van der Waals surface area contributed by atoms with Crippen LogP contribution in [0.25, 0.3) is 0 Å². The maximum absolute atomic E-state index is 5.89. The molecule has 0 aliphatic heterocycles. The molecule has 2 aromatic rings. The quantitative estimate of drug-likeness (QED) is 0.862. The first-order valence-electron chi connectivity index (χ1n) is 5.77. The number of imidazole rings is 1. The van der Waals surface area contributed by atoms with Gasteiger partial charge in [-0.1, -0.05) is 11.8 Å². The van der Waals surface area contributed by atoms with Crippen molar-refractivity contribution in [2.75, 3.05) is 5.73 Å². The molecule has 1 aromatic heterocycles. The van der Waals surface area contributed by atoms with Crippen molar-refractivity contribution in [3.8, 4) is 5.75 Å². The highest BCUT2D eigenvalue weighted by Crippen LogP contribution is 2.32. The fourth-order valence-corrected chi connectivity index (χ4v) is 2.32. The summed E-state index contributed by atoms with van der Waals surface area (Å²) in [6.45, 7) is 3.97. The van der Waals surface area contributed by atoms with Crippen molar-refractivity contribution >= 4 is 17.4 Å². The Kier molecular flexibility index (Phi) is 3.81. The monoisotopic (exact) mass is 263 g/mol. The number of anilines is 1. The van der Waals surface area contributed by atoms with Crippen LogP contribution < -0.4 is 10.5 Å². The van der Waals surface area contributed by atoms with E-state index in [1.807, 2.05) is 49.9 Å². The van der Waals surface area contributed by atoms with E-state index in [9.17, 15) is 0 Å². The third kappa shape index (κ3) is 2.98. The maximum Gasteiger partial charge on any atom is 0.172 e. The Hall–Kier alpha value is -1.62. The smallest absolute Gasteiger partial charge is 0.172 e. The summed E-state index contributed by atoms with van der Waals surface area (Å²) in [5.41, 5.74) is 6.55. The molecular formula is C13H17N3OS. The molecule has 5 heteroatoms. The van der Waals surface area contributed by atoms with Crippen molar-refractivity contribution in [2.45, 2.75) is 30.0 Å². The zero-order valence-corrected chi connectivity index (χ0v) is 11.6. The van der Waals surface area contributed by atoms with Gasteiger partial charge in [0.05, 0.1) is 11.8 Å². The molecule has 0 radical (unpaired) electrons. The van der Waals surface area contributed by atoms with Crippen LogP contribution in [0.4, 0.5) is 5.69 Å². The average molecular weight is 263 g/mol. The van der Waals surface area contributed by atoms with Crippen LogP contribution in [-0.2, 0) is 7.05 Å². The molecule has 0 atom stereocenters. The van der Waals surface area contributed by atoms with Gasteiger partial charge < -0.3 is 15.0 Å². The Bertz CT molecular complexity index is 537. The Balaban J connectivity index is 2.22.